The molecule has 0 N–H and O–H groups in total. The van der Waals surface area contributed by atoms with Gasteiger partial charge in [-0.25, -0.2) is 9.59 Å². The van der Waals surface area contributed by atoms with Crippen molar-refractivity contribution in [3.8, 4) is 0 Å². The Labute approximate surface area is 208 Å². The molecular formula is C25H24F6N2O4. The van der Waals surface area contributed by atoms with Crippen LogP contribution in [0.1, 0.15) is 45.5 Å². The van der Waals surface area contributed by atoms with Gasteiger partial charge >= 0.3 is 24.4 Å². The lowest BCUT2D eigenvalue weighted by Crippen LogP contribution is -2.46. The molecule has 1 amide bonds. The van der Waals surface area contributed by atoms with Crippen molar-refractivity contribution >= 4 is 12.1 Å². The molecule has 0 aromatic heterocycles. The first kappa shape index (κ1) is 26.8. The molecule has 0 radical (unpaired) electrons. The Morgan fingerprint density at radius 1 is 0.973 bits per heavy atom. The number of piperidine rings is 1. The Balaban J connectivity index is 1.39. The summed E-state index contributed by atoms with van der Waals surface area (Å²) in [5, 5.41) is 0. The van der Waals surface area contributed by atoms with Crippen LogP contribution < -0.4 is 0 Å². The summed E-state index contributed by atoms with van der Waals surface area (Å²) in [5.41, 5.74) is -2.31. The maximum atomic E-state index is 13.7. The molecule has 2 aromatic carbocycles. The molecule has 0 bridgehead atoms. The first-order valence-electron chi connectivity index (χ1n) is 11.4. The quantitative estimate of drug-likeness (QED) is 0.378. The molecule has 2 fully saturated rings. The lowest BCUT2D eigenvalue weighted by molar-refractivity contribution is -0.138. The third-order valence-electron chi connectivity index (χ3n) is 6.69. The fraction of sp³-hybridized carbons (Fsp3) is 0.440. The molecule has 0 unspecified atom stereocenters. The van der Waals surface area contributed by atoms with Crippen molar-refractivity contribution in [1.29, 1.82) is 0 Å². The smallest absolute Gasteiger partial charge is 0.416 e. The summed E-state index contributed by atoms with van der Waals surface area (Å²) < 4.78 is 89.4. The number of alkyl halides is 6. The van der Waals surface area contributed by atoms with Crippen molar-refractivity contribution in [3.63, 3.8) is 0 Å². The highest BCUT2D eigenvalue weighted by atomic mass is 19.4. The van der Waals surface area contributed by atoms with Crippen molar-refractivity contribution in [2.45, 2.75) is 43.9 Å². The molecule has 2 aromatic rings. The van der Waals surface area contributed by atoms with Crippen molar-refractivity contribution in [1.82, 2.24) is 9.80 Å². The number of amides is 1. The third kappa shape index (κ3) is 6.00. The Morgan fingerprint density at radius 2 is 1.62 bits per heavy atom. The van der Waals surface area contributed by atoms with Crippen LogP contribution in [0.3, 0.4) is 0 Å². The zero-order valence-electron chi connectivity index (χ0n) is 19.8. The van der Waals surface area contributed by atoms with E-state index in [1.165, 1.54) is 23.1 Å². The lowest BCUT2D eigenvalue weighted by atomic mass is 9.91. The van der Waals surface area contributed by atoms with Gasteiger partial charge in [-0.05, 0) is 35.4 Å². The maximum Gasteiger partial charge on any atom is 0.416 e. The highest BCUT2D eigenvalue weighted by molar-refractivity contribution is 5.89. The zero-order valence-corrected chi connectivity index (χ0v) is 19.8. The second kappa shape index (κ2) is 9.88. The highest BCUT2D eigenvalue weighted by Gasteiger charge is 2.47. The molecule has 2 saturated heterocycles. The summed E-state index contributed by atoms with van der Waals surface area (Å²) in [4.78, 5) is 27.5. The average Bonchev–Trinajstić information content (AvgIpc) is 3.13. The zero-order chi connectivity index (χ0) is 27.0. The Bertz CT molecular complexity index is 1160. The number of rotatable bonds is 5. The van der Waals surface area contributed by atoms with E-state index in [1.54, 1.807) is 0 Å². The van der Waals surface area contributed by atoms with Gasteiger partial charge in [0.2, 0.25) is 0 Å². The Morgan fingerprint density at radius 3 is 2.19 bits per heavy atom. The molecule has 1 spiro atoms. The van der Waals surface area contributed by atoms with Crippen LogP contribution in [0.4, 0.5) is 31.1 Å². The molecule has 0 atom stereocenters. The summed E-state index contributed by atoms with van der Waals surface area (Å²) in [6.45, 7) is 1.20. The number of methoxy groups -OCH3 is 1. The van der Waals surface area contributed by atoms with Gasteiger partial charge in [0.15, 0.2) is 0 Å². The van der Waals surface area contributed by atoms with Crippen molar-refractivity contribution in [2.75, 3.05) is 26.7 Å². The lowest BCUT2D eigenvalue weighted by Gasteiger charge is -2.37. The molecule has 37 heavy (non-hydrogen) atoms. The third-order valence-corrected chi connectivity index (χ3v) is 6.69. The Kier molecular flexibility index (Phi) is 7.15. The summed E-state index contributed by atoms with van der Waals surface area (Å²) >= 11 is 0. The molecule has 0 saturated carbocycles. The molecule has 2 aliphatic heterocycles. The van der Waals surface area contributed by atoms with Crippen LogP contribution in [0.5, 0.6) is 0 Å². The van der Waals surface area contributed by atoms with Crippen molar-refractivity contribution < 1.29 is 45.4 Å². The standard InChI is InChI=1S/C25H24F6N2O4/c1-36-21(34)17-4-5-18(20(12-17)25(29,30)31)14-33-15-23(37-22(33)35)8-10-32(11-9-23)13-16-2-6-19(7-3-16)24(26,27)28/h2-7,12H,8-11,13-15H2,1H3. The van der Waals surface area contributed by atoms with E-state index in [0.29, 0.717) is 44.1 Å². The van der Waals surface area contributed by atoms with Crippen LogP contribution in [0, 0.1) is 0 Å². The van der Waals surface area contributed by atoms with Gasteiger partial charge in [-0.1, -0.05) is 18.2 Å². The van der Waals surface area contributed by atoms with Crippen LogP contribution in [-0.4, -0.2) is 54.2 Å². The first-order chi connectivity index (χ1) is 17.3. The number of carbonyl (C=O) groups is 2. The first-order valence-corrected chi connectivity index (χ1v) is 11.4. The molecular weight excluding hydrogens is 506 g/mol. The van der Waals surface area contributed by atoms with Crippen LogP contribution in [-0.2, 0) is 34.9 Å². The fourth-order valence-electron chi connectivity index (χ4n) is 4.68. The normalized spacial score (nSPS) is 18.2. The number of benzene rings is 2. The van der Waals surface area contributed by atoms with E-state index in [-0.39, 0.29) is 24.2 Å². The number of hydrogen-bond acceptors (Lipinski definition) is 5. The molecule has 200 valence electrons. The van der Waals surface area contributed by atoms with Crippen LogP contribution in [0.2, 0.25) is 0 Å². The molecule has 12 heteroatoms. The van der Waals surface area contributed by atoms with Crippen molar-refractivity contribution in [2.24, 2.45) is 0 Å². The molecule has 6 nitrogen and oxygen atoms in total. The van der Waals surface area contributed by atoms with E-state index in [2.05, 4.69) is 4.74 Å². The van der Waals surface area contributed by atoms with Gasteiger partial charge in [0, 0.05) is 39.0 Å². The van der Waals surface area contributed by atoms with Gasteiger partial charge < -0.3 is 9.47 Å². The number of nitrogens with zero attached hydrogens (tertiary/aromatic N) is 2. The van der Waals surface area contributed by atoms with Crippen LogP contribution in [0.15, 0.2) is 42.5 Å². The van der Waals surface area contributed by atoms with Gasteiger partial charge in [0.25, 0.3) is 0 Å². The number of esters is 1. The summed E-state index contributed by atoms with van der Waals surface area (Å²) in [7, 11) is 1.07. The maximum absolute atomic E-state index is 13.7. The number of hydrogen-bond donors (Lipinski definition) is 0. The summed E-state index contributed by atoms with van der Waals surface area (Å²) in [5.74, 6) is -0.903. The van der Waals surface area contributed by atoms with E-state index in [9.17, 15) is 35.9 Å². The molecule has 2 heterocycles. The number of ether oxygens (including phenoxy) is 2. The predicted molar refractivity (Wildman–Crippen MR) is 118 cm³/mol. The molecule has 4 rings (SSSR count). The van der Waals surface area contributed by atoms with E-state index in [0.717, 1.165) is 25.3 Å². The summed E-state index contributed by atoms with van der Waals surface area (Å²) in [6, 6.07) is 7.99. The monoisotopic (exact) mass is 530 g/mol. The minimum Gasteiger partial charge on any atom is -0.465 e. The number of carbonyl (C=O) groups excluding carboxylic acids is 2. The summed E-state index contributed by atoms with van der Waals surface area (Å²) in [6.07, 6.45) is -9.00. The fourth-order valence-corrected chi connectivity index (χ4v) is 4.68. The van der Waals surface area contributed by atoms with Gasteiger partial charge in [-0.15, -0.1) is 0 Å². The van der Waals surface area contributed by atoms with Crippen LogP contribution in [0.25, 0.3) is 0 Å². The molecule has 0 aliphatic carbocycles. The number of likely N-dealkylation sites (tertiary alicyclic amines) is 1. The van der Waals surface area contributed by atoms with Gasteiger partial charge in [-0.2, -0.15) is 26.3 Å². The van der Waals surface area contributed by atoms with Gasteiger partial charge in [0.05, 0.1) is 30.3 Å². The largest absolute Gasteiger partial charge is 0.465 e. The minimum absolute atomic E-state index is 0.107. The molecule has 2 aliphatic rings. The van der Waals surface area contributed by atoms with Crippen LogP contribution >= 0.6 is 0 Å². The van der Waals surface area contributed by atoms with E-state index >= 15 is 0 Å². The van der Waals surface area contributed by atoms with Gasteiger partial charge in [0.1, 0.15) is 5.60 Å². The minimum atomic E-state index is -4.75. The topological polar surface area (TPSA) is 59.1 Å². The highest BCUT2D eigenvalue weighted by Crippen LogP contribution is 2.37. The SMILES string of the molecule is COC(=O)c1ccc(CN2CC3(CCN(Cc4ccc(C(F)(F)F)cc4)CC3)OC2=O)c(C(F)(F)F)c1. The van der Waals surface area contributed by atoms with E-state index < -0.39 is 41.1 Å². The predicted octanol–water partition coefficient (Wildman–Crippen LogP) is 5.50. The number of halogens is 6. The van der Waals surface area contributed by atoms with E-state index in [1.807, 2.05) is 4.90 Å². The second-order valence-corrected chi connectivity index (χ2v) is 9.24. The van der Waals surface area contributed by atoms with Gasteiger partial charge in [-0.3, -0.25) is 9.80 Å². The Hall–Kier alpha value is -3.28. The second-order valence-electron chi connectivity index (χ2n) is 9.24. The average molecular weight is 530 g/mol. The van der Waals surface area contributed by atoms with Crippen molar-refractivity contribution in [3.05, 3.63) is 70.3 Å². The van der Waals surface area contributed by atoms with E-state index in [4.69, 9.17) is 4.74 Å².